The van der Waals surface area contributed by atoms with E-state index in [0.29, 0.717) is 29.5 Å². The van der Waals surface area contributed by atoms with Crippen LogP contribution < -0.4 is 9.04 Å². The van der Waals surface area contributed by atoms with E-state index in [4.69, 9.17) is 16.3 Å². The molecule has 170 valence electrons. The number of sulfonamides is 1. The molecule has 0 aliphatic heterocycles. The highest BCUT2D eigenvalue weighted by Crippen LogP contribution is 2.32. The Morgan fingerprint density at radius 3 is 2.03 bits per heavy atom. The molecule has 0 spiro atoms. The molecule has 0 atom stereocenters. The molecule has 0 N–H and O–H groups in total. The Labute approximate surface area is 190 Å². The lowest BCUT2D eigenvalue weighted by Gasteiger charge is -2.31. The van der Waals surface area contributed by atoms with Crippen LogP contribution in [0.3, 0.4) is 0 Å². The van der Waals surface area contributed by atoms with Gasteiger partial charge < -0.3 is 9.64 Å². The first-order chi connectivity index (χ1) is 14.6. The molecule has 0 aromatic heterocycles. The van der Waals surface area contributed by atoms with Gasteiger partial charge in [-0.15, -0.1) is 0 Å². The van der Waals surface area contributed by atoms with E-state index in [1.54, 1.807) is 29.2 Å². The summed E-state index contributed by atoms with van der Waals surface area (Å²) in [6.45, 7) is 8.90. The van der Waals surface area contributed by atoms with E-state index < -0.39 is 10.0 Å². The number of hydrogen-bond acceptors (Lipinski definition) is 4. The number of carbonyl (C=O) groups is 1. The summed E-state index contributed by atoms with van der Waals surface area (Å²) in [7, 11) is -2.57. The Hall–Kier alpha value is -2.25. The smallest absolute Gasteiger partial charge is 0.264 e. The molecule has 31 heavy (non-hydrogen) atoms. The van der Waals surface area contributed by atoms with Crippen molar-refractivity contribution < 1.29 is 17.9 Å². The highest BCUT2D eigenvalue weighted by molar-refractivity contribution is 7.92. The first-order valence-electron chi connectivity index (χ1n) is 10.2. The Morgan fingerprint density at radius 1 is 0.968 bits per heavy atom. The van der Waals surface area contributed by atoms with Crippen molar-refractivity contribution in [1.29, 1.82) is 0 Å². The molecule has 0 radical (unpaired) electrons. The number of nitrogens with zero attached hydrogens (tertiary/aromatic N) is 2. The van der Waals surface area contributed by atoms with Crippen LogP contribution in [-0.4, -0.2) is 46.0 Å². The van der Waals surface area contributed by atoms with Crippen LogP contribution in [0.25, 0.3) is 0 Å². The van der Waals surface area contributed by atoms with E-state index in [1.165, 1.54) is 31.4 Å². The Bertz CT molecular complexity index is 965. The van der Waals surface area contributed by atoms with Gasteiger partial charge in [-0.3, -0.25) is 9.10 Å². The second-order valence-corrected chi connectivity index (χ2v) is 10.5. The number of halogens is 1. The number of carbonyl (C=O) groups excluding carboxylic acids is 1. The molecule has 0 aliphatic carbocycles. The predicted molar refractivity (Wildman–Crippen MR) is 125 cm³/mol. The van der Waals surface area contributed by atoms with Crippen molar-refractivity contribution in [3.8, 4) is 5.75 Å². The molecule has 2 rings (SSSR count). The largest absolute Gasteiger partial charge is 0.495 e. The van der Waals surface area contributed by atoms with Crippen LogP contribution in [0.15, 0.2) is 53.4 Å². The zero-order valence-electron chi connectivity index (χ0n) is 18.7. The number of anilines is 1. The summed E-state index contributed by atoms with van der Waals surface area (Å²) in [5.41, 5.74) is 0.308. The van der Waals surface area contributed by atoms with E-state index in [9.17, 15) is 13.2 Å². The third-order valence-corrected chi connectivity index (χ3v) is 6.58. The van der Waals surface area contributed by atoms with Gasteiger partial charge in [0, 0.05) is 18.1 Å². The van der Waals surface area contributed by atoms with E-state index in [-0.39, 0.29) is 29.2 Å². The van der Waals surface area contributed by atoms with Gasteiger partial charge in [0.2, 0.25) is 5.91 Å². The summed E-state index contributed by atoms with van der Waals surface area (Å²) in [6.07, 6.45) is 0. The van der Waals surface area contributed by atoms with Crippen molar-refractivity contribution >= 4 is 33.2 Å². The average molecular weight is 467 g/mol. The number of methoxy groups -OCH3 is 1. The molecule has 0 bridgehead atoms. The van der Waals surface area contributed by atoms with Gasteiger partial charge >= 0.3 is 0 Å². The maximum absolute atomic E-state index is 13.6. The molecule has 0 saturated heterocycles. The van der Waals surface area contributed by atoms with Crippen LogP contribution in [0, 0.1) is 11.8 Å². The van der Waals surface area contributed by atoms with E-state index in [2.05, 4.69) is 0 Å². The minimum Gasteiger partial charge on any atom is -0.495 e. The van der Waals surface area contributed by atoms with Crippen LogP contribution in [0.4, 0.5) is 5.69 Å². The van der Waals surface area contributed by atoms with Crippen molar-refractivity contribution in [3.05, 3.63) is 53.6 Å². The Kier molecular flexibility index (Phi) is 8.77. The SMILES string of the molecule is COc1ccccc1N(CC(=O)N(CC(C)C)CC(C)C)S(=O)(=O)c1ccc(Cl)cc1. The Balaban J connectivity index is 2.52. The number of amides is 1. The van der Waals surface area contributed by atoms with Gasteiger partial charge in [-0.1, -0.05) is 51.4 Å². The summed E-state index contributed by atoms with van der Waals surface area (Å²) in [4.78, 5) is 15.1. The number of ether oxygens (including phenoxy) is 1. The van der Waals surface area contributed by atoms with E-state index in [1.807, 2.05) is 27.7 Å². The molecular weight excluding hydrogens is 436 g/mol. The van der Waals surface area contributed by atoms with E-state index >= 15 is 0 Å². The topological polar surface area (TPSA) is 66.9 Å². The monoisotopic (exact) mass is 466 g/mol. The number of para-hydroxylation sites is 2. The lowest BCUT2D eigenvalue weighted by Crippen LogP contribution is -2.45. The first kappa shape index (κ1) is 25.0. The van der Waals surface area contributed by atoms with Crippen molar-refractivity contribution in [1.82, 2.24) is 4.90 Å². The third-order valence-electron chi connectivity index (χ3n) is 4.56. The number of rotatable bonds is 10. The van der Waals surface area contributed by atoms with Gasteiger partial charge in [0.15, 0.2) is 0 Å². The number of benzene rings is 2. The molecule has 8 heteroatoms. The van der Waals surface area contributed by atoms with E-state index in [0.717, 1.165) is 4.31 Å². The lowest BCUT2D eigenvalue weighted by molar-refractivity contribution is -0.130. The maximum atomic E-state index is 13.6. The highest BCUT2D eigenvalue weighted by Gasteiger charge is 2.31. The zero-order chi connectivity index (χ0) is 23.2. The molecule has 0 fully saturated rings. The van der Waals surface area contributed by atoms with Gasteiger partial charge in [0.1, 0.15) is 12.3 Å². The summed E-state index contributed by atoms with van der Waals surface area (Å²) < 4.78 is 33.7. The minimum absolute atomic E-state index is 0.0508. The van der Waals surface area contributed by atoms with Gasteiger partial charge in [0.05, 0.1) is 17.7 Å². The summed E-state index contributed by atoms with van der Waals surface area (Å²) >= 11 is 5.94. The molecule has 2 aromatic rings. The lowest BCUT2D eigenvalue weighted by atomic mass is 10.1. The van der Waals surface area contributed by atoms with Gasteiger partial charge in [-0.2, -0.15) is 0 Å². The predicted octanol–water partition coefficient (Wildman–Crippen LogP) is 4.68. The first-order valence-corrected chi connectivity index (χ1v) is 12.1. The fourth-order valence-corrected chi connectivity index (χ4v) is 4.80. The fraction of sp³-hybridized carbons (Fsp3) is 0.435. The van der Waals surface area contributed by atoms with Crippen molar-refractivity contribution in [3.63, 3.8) is 0 Å². The van der Waals surface area contributed by atoms with Crippen LogP contribution in [0.1, 0.15) is 27.7 Å². The number of hydrogen-bond donors (Lipinski definition) is 0. The van der Waals surface area contributed by atoms with Crippen molar-refractivity contribution in [2.24, 2.45) is 11.8 Å². The molecule has 0 unspecified atom stereocenters. The van der Waals surface area contributed by atoms with Gasteiger partial charge in [0.25, 0.3) is 10.0 Å². The third kappa shape index (κ3) is 6.61. The standard InChI is InChI=1S/C23H31ClN2O4S/c1-17(2)14-25(15-18(3)4)23(27)16-26(21-8-6-7-9-22(21)30-5)31(28,29)20-12-10-19(24)11-13-20/h6-13,17-18H,14-16H2,1-5H3. The second-order valence-electron chi connectivity index (χ2n) is 8.22. The molecular formula is C23H31ClN2O4S. The quantitative estimate of drug-likeness (QED) is 0.509. The second kappa shape index (κ2) is 10.9. The van der Waals surface area contributed by atoms with Crippen LogP contribution in [-0.2, 0) is 14.8 Å². The highest BCUT2D eigenvalue weighted by atomic mass is 35.5. The van der Waals surface area contributed by atoms with Gasteiger partial charge in [-0.05, 0) is 48.2 Å². The van der Waals surface area contributed by atoms with Crippen molar-refractivity contribution in [2.45, 2.75) is 32.6 Å². The van der Waals surface area contributed by atoms with Crippen LogP contribution in [0.2, 0.25) is 5.02 Å². The van der Waals surface area contributed by atoms with Crippen LogP contribution in [0.5, 0.6) is 5.75 Å². The van der Waals surface area contributed by atoms with Crippen LogP contribution >= 0.6 is 11.6 Å². The summed E-state index contributed by atoms with van der Waals surface area (Å²) in [5, 5.41) is 0.430. The molecule has 2 aromatic carbocycles. The average Bonchev–Trinajstić information content (AvgIpc) is 2.70. The maximum Gasteiger partial charge on any atom is 0.264 e. The minimum atomic E-state index is -4.04. The fourth-order valence-electron chi connectivity index (χ4n) is 3.25. The molecule has 6 nitrogen and oxygen atoms in total. The summed E-state index contributed by atoms with van der Waals surface area (Å²) in [5.74, 6) is 0.628. The molecule has 1 amide bonds. The van der Waals surface area contributed by atoms with Gasteiger partial charge in [-0.25, -0.2) is 8.42 Å². The summed E-state index contributed by atoms with van der Waals surface area (Å²) in [6, 6.07) is 12.7. The molecule has 0 aliphatic rings. The Morgan fingerprint density at radius 2 is 1.52 bits per heavy atom. The van der Waals surface area contributed by atoms with Crippen molar-refractivity contribution in [2.75, 3.05) is 31.0 Å². The normalized spacial score (nSPS) is 11.6. The molecule has 0 heterocycles. The molecule has 0 saturated carbocycles. The zero-order valence-corrected chi connectivity index (χ0v) is 20.3.